The lowest BCUT2D eigenvalue weighted by Gasteiger charge is -2.16. The molecule has 0 unspecified atom stereocenters. The largest absolute Gasteiger partial charge is 0.398 e. The van der Waals surface area contributed by atoms with Gasteiger partial charge in [0.1, 0.15) is 0 Å². The van der Waals surface area contributed by atoms with Crippen LogP contribution in [0.25, 0.3) is 10.8 Å². The zero-order valence-corrected chi connectivity index (χ0v) is 12.3. The van der Waals surface area contributed by atoms with Crippen LogP contribution in [-0.2, 0) is 0 Å². The lowest BCUT2D eigenvalue weighted by Crippen LogP contribution is -1.99. The minimum atomic E-state index is 0.468. The summed E-state index contributed by atoms with van der Waals surface area (Å²) in [4.78, 5) is 4.16. The van der Waals surface area contributed by atoms with Gasteiger partial charge in [-0.3, -0.25) is 4.98 Å². The molecule has 0 saturated heterocycles. The summed E-state index contributed by atoms with van der Waals surface area (Å²) < 4.78 is 0. The Kier molecular flexibility index (Phi) is 3.48. The van der Waals surface area contributed by atoms with Crippen molar-refractivity contribution in [1.29, 1.82) is 0 Å². The third kappa shape index (κ3) is 2.55. The molecule has 0 atom stereocenters. The fraction of sp³-hybridized carbons (Fsp3) is 0.167. The Morgan fingerprint density at radius 3 is 2.57 bits per heavy atom. The van der Waals surface area contributed by atoms with Crippen molar-refractivity contribution in [2.75, 3.05) is 11.1 Å². The van der Waals surface area contributed by atoms with E-state index in [0.717, 1.165) is 27.8 Å². The molecule has 0 aliphatic heterocycles. The molecule has 1 aromatic heterocycles. The summed E-state index contributed by atoms with van der Waals surface area (Å²) in [5, 5.41) is 5.60. The smallest absolute Gasteiger partial charge is 0.0466 e. The Bertz CT molecular complexity index is 778. The Balaban J connectivity index is 2.09. The molecule has 0 aliphatic carbocycles. The van der Waals surface area contributed by atoms with E-state index in [0.29, 0.717) is 5.92 Å². The topological polar surface area (TPSA) is 50.9 Å². The third-order valence-corrected chi connectivity index (χ3v) is 3.70. The minimum Gasteiger partial charge on any atom is -0.398 e. The maximum absolute atomic E-state index is 6.03. The maximum atomic E-state index is 6.03. The number of nitrogens with one attached hydrogen (secondary N) is 1. The first-order valence-electron chi connectivity index (χ1n) is 7.15. The summed E-state index contributed by atoms with van der Waals surface area (Å²) in [5.74, 6) is 0.468. The second-order valence-corrected chi connectivity index (χ2v) is 5.49. The molecule has 106 valence electrons. The molecular weight excluding hydrogens is 258 g/mol. The summed E-state index contributed by atoms with van der Waals surface area (Å²) in [6.45, 7) is 4.40. The quantitative estimate of drug-likeness (QED) is 0.683. The van der Waals surface area contributed by atoms with Gasteiger partial charge in [-0.15, -0.1) is 0 Å². The summed E-state index contributed by atoms with van der Waals surface area (Å²) in [7, 11) is 0. The molecule has 0 saturated carbocycles. The molecule has 0 spiro atoms. The van der Waals surface area contributed by atoms with Crippen LogP contribution in [0.1, 0.15) is 25.3 Å². The molecule has 0 amide bonds. The molecule has 1 heterocycles. The Hall–Kier alpha value is -2.55. The van der Waals surface area contributed by atoms with Gasteiger partial charge in [0.05, 0.1) is 0 Å². The summed E-state index contributed by atoms with van der Waals surface area (Å²) in [6.07, 6.45) is 3.60. The van der Waals surface area contributed by atoms with Crippen molar-refractivity contribution in [3.63, 3.8) is 0 Å². The molecular formula is C18H19N3. The van der Waals surface area contributed by atoms with Crippen LogP contribution in [-0.4, -0.2) is 4.98 Å². The highest BCUT2D eigenvalue weighted by molar-refractivity contribution is 6.01. The van der Waals surface area contributed by atoms with Crippen LogP contribution in [0.5, 0.6) is 0 Å². The van der Waals surface area contributed by atoms with Crippen LogP contribution in [0, 0.1) is 0 Å². The van der Waals surface area contributed by atoms with E-state index >= 15 is 0 Å². The first-order chi connectivity index (χ1) is 10.2. The molecule has 0 fully saturated rings. The Morgan fingerprint density at radius 1 is 0.952 bits per heavy atom. The van der Waals surface area contributed by atoms with Gasteiger partial charge in [-0.2, -0.15) is 0 Å². The van der Waals surface area contributed by atoms with Gasteiger partial charge in [0.15, 0.2) is 0 Å². The number of rotatable bonds is 3. The highest BCUT2D eigenvalue weighted by Gasteiger charge is 2.08. The molecule has 3 nitrogen and oxygen atoms in total. The summed E-state index contributed by atoms with van der Waals surface area (Å²) >= 11 is 0. The molecule has 0 radical (unpaired) electrons. The van der Waals surface area contributed by atoms with E-state index < -0.39 is 0 Å². The first-order valence-corrected chi connectivity index (χ1v) is 7.15. The number of nitrogens with zero attached hydrogens (tertiary/aromatic N) is 1. The zero-order valence-electron chi connectivity index (χ0n) is 12.3. The number of nitrogens with two attached hydrogens (primary N) is 1. The van der Waals surface area contributed by atoms with Crippen LogP contribution >= 0.6 is 0 Å². The van der Waals surface area contributed by atoms with E-state index in [9.17, 15) is 0 Å². The molecule has 21 heavy (non-hydrogen) atoms. The second kappa shape index (κ2) is 5.44. The lowest BCUT2D eigenvalue weighted by molar-refractivity contribution is 0.869. The number of hydrogen-bond acceptors (Lipinski definition) is 3. The second-order valence-electron chi connectivity index (χ2n) is 5.49. The van der Waals surface area contributed by atoms with E-state index in [1.54, 1.807) is 6.20 Å². The van der Waals surface area contributed by atoms with Crippen LogP contribution < -0.4 is 11.1 Å². The van der Waals surface area contributed by atoms with Crippen molar-refractivity contribution in [2.24, 2.45) is 0 Å². The molecule has 0 bridgehead atoms. The Labute approximate surface area is 124 Å². The number of hydrogen-bond donors (Lipinski definition) is 2. The number of benzene rings is 2. The number of nitrogen functional groups attached to an aromatic ring is 1. The number of fused-ring (bicyclic) bond motifs is 1. The maximum Gasteiger partial charge on any atom is 0.0466 e. The molecule has 2 aromatic carbocycles. The summed E-state index contributed by atoms with van der Waals surface area (Å²) in [5.41, 5.74) is 10.3. The van der Waals surface area contributed by atoms with Crippen molar-refractivity contribution in [3.05, 3.63) is 60.4 Å². The van der Waals surface area contributed by atoms with Gasteiger partial charge in [-0.25, -0.2) is 0 Å². The number of aromatic nitrogens is 1. The van der Waals surface area contributed by atoms with Gasteiger partial charge < -0.3 is 11.1 Å². The Morgan fingerprint density at radius 2 is 1.76 bits per heavy atom. The summed E-state index contributed by atoms with van der Waals surface area (Å²) in [6, 6.07) is 14.3. The van der Waals surface area contributed by atoms with Crippen molar-refractivity contribution >= 4 is 27.8 Å². The van der Waals surface area contributed by atoms with E-state index in [4.69, 9.17) is 5.73 Å². The van der Waals surface area contributed by atoms with Crippen LogP contribution in [0.3, 0.4) is 0 Å². The monoisotopic (exact) mass is 277 g/mol. The van der Waals surface area contributed by atoms with Gasteiger partial charge in [-0.05, 0) is 35.7 Å². The lowest BCUT2D eigenvalue weighted by atomic mass is 10.0. The highest BCUT2D eigenvalue weighted by atomic mass is 14.9. The van der Waals surface area contributed by atoms with Gasteiger partial charge in [0.2, 0.25) is 0 Å². The normalized spacial score (nSPS) is 11.0. The molecule has 3 heteroatoms. The van der Waals surface area contributed by atoms with Gasteiger partial charge in [0.25, 0.3) is 0 Å². The molecule has 3 rings (SSSR count). The number of para-hydroxylation sites is 1. The van der Waals surface area contributed by atoms with Crippen molar-refractivity contribution < 1.29 is 0 Å². The average Bonchev–Trinajstić information content (AvgIpc) is 2.51. The van der Waals surface area contributed by atoms with E-state index in [1.807, 2.05) is 24.4 Å². The molecule has 3 aromatic rings. The van der Waals surface area contributed by atoms with Crippen molar-refractivity contribution in [3.8, 4) is 0 Å². The van der Waals surface area contributed by atoms with E-state index in [2.05, 4.69) is 48.4 Å². The number of anilines is 3. The third-order valence-electron chi connectivity index (χ3n) is 3.70. The predicted molar refractivity (Wildman–Crippen MR) is 90.0 cm³/mol. The predicted octanol–water partition coefficient (Wildman–Crippen LogP) is 4.68. The van der Waals surface area contributed by atoms with Crippen LogP contribution in [0.4, 0.5) is 17.1 Å². The van der Waals surface area contributed by atoms with Gasteiger partial charge >= 0.3 is 0 Å². The fourth-order valence-corrected chi connectivity index (χ4v) is 2.58. The SMILES string of the molecule is CC(C)c1ccccc1Nc1ccc(N)c2cnccc12. The standard InChI is InChI=1S/C18H19N3/c1-12(2)13-5-3-4-6-17(13)21-18-8-7-16(19)15-11-20-10-9-14(15)18/h3-12,21H,19H2,1-2H3. The van der Waals surface area contributed by atoms with E-state index in [1.165, 1.54) is 5.56 Å². The highest BCUT2D eigenvalue weighted by Crippen LogP contribution is 2.32. The van der Waals surface area contributed by atoms with E-state index in [-0.39, 0.29) is 0 Å². The fourth-order valence-electron chi connectivity index (χ4n) is 2.58. The van der Waals surface area contributed by atoms with Gasteiger partial charge in [-0.1, -0.05) is 32.0 Å². The minimum absolute atomic E-state index is 0.468. The first kappa shape index (κ1) is 13.4. The molecule has 0 aliphatic rings. The van der Waals surface area contributed by atoms with Crippen molar-refractivity contribution in [1.82, 2.24) is 4.98 Å². The van der Waals surface area contributed by atoms with Crippen molar-refractivity contribution in [2.45, 2.75) is 19.8 Å². The average molecular weight is 277 g/mol. The van der Waals surface area contributed by atoms with Gasteiger partial charge in [0, 0.05) is 40.2 Å². The molecule has 3 N–H and O–H groups in total. The van der Waals surface area contributed by atoms with Crippen LogP contribution in [0.15, 0.2) is 54.9 Å². The van der Waals surface area contributed by atoms with Crippen LogP contribution in [0.2, 0.25) is 0 Å². The number of pyridine rings is 1. The zero-order chi connectivity index (χ0) is 14.8.